The molecule has 0 saturated carbocycles. The number of likely N-dealkylation sites (N-methyl/N-ethyl adjacent to an activating group) is 1. The number of methoxy groups -OCH3 is 3. The first-order chi connectivity index (χ1) is 17.4. The molecule has 0 radical (unpaired) electrons. The highest BCUT2D eigenvalue weighted by atomic mass is 16.5. The molecule has 186 valence electrons. The molecule has 0 aliphatic carbocycles. The summed E-state index contributed by atoms with van der Waals surface area (Å²) in [7, 11) is 6.29. The first-order valence-corrected chi connectivity index (χ1v) is 11.2. The standard InChI is InChI=1S/C28H27NO7/c1-29(16-18-8-6-5-7-9-18)26(30)17-35-20-10-11-21-22(15-20)36-23(27(21)31)12-19-13-24(32-2)28(34-4)25(14-19)33-3/h5-15H,16-17H2,1-4H3. The fourth-order valence-corrected chi connectivity index (χ4v) is 3.79. The summed E-state index contributed by atoms with van der Waals surface area (Å²) in [6.07, 6.45) is 1.61. The molecule has 0 unspecified atom stereocenters. The molecule has 0 aromatic heterocycles. The molecular formula is C28H27NO7. The monoisotopic (exact) mass is 489 g/mol. The summed E-state index contributed by atoms with van der Waals surface area (Å²) < 4.78 is 27.6. The minimum Gasteiger partial charge on any atom is -0.493 e. The number of ether oxygens (including phenoxy) is 5. The minimum atomic E-state index is -0.260. The lowest BCUT2D eigenvalue weighted by Gasteiger charge is -2.17. The van der Waals surface area contributed by atoms with Gasteiger partial charge >= 0.3 is 0 Å². The van der Waals surface area contributed by atoms with E-state index in [0.29, 0.717) is 46.4 Å². The molecule has 3 aromatic carbocycles. The molecule has 0 bridgehead atoms. The Morgan fingerprint density at radius 1 is 0.944 bits per heavy atom. The maximum Gasteiger partial charge on any atom is 0.260 e. The van der Waals surface area contributed by atoms with Crippen LogP contribution in [0.4, 0.5) is 0 Å². The summed E-state index contributed by atoms with van der Waals surface area (Å²) in [4.78, 5) is 27.0. The van der Waals surface area contributed by atoms with Crippen molar-refractivity contribution < 1.29 is 33.3 Å². The SMILES string of the molecule is COc1cc(C=C2Oc3cc(OCC(=O)N(C)Cc4ccccc4)ccc3C2=O)cc(OC)c1OC. The van der Waals surface area contributed by atoms with Crippen LogP contribution in [-0.2, 0) is 11.3 Å². The highest BCUT2D eigenvalue weighted by molar-refractivity contribution is 6.14. The van der Waals surface area contributed by atoms with Crippen LogP contribution >= 0.6 is 0 Å². The molecule has 8 heteroatoms. The lowest BCUT2D eigenvalue weighted by molar-refractivity contribution is -0.132. The van der Waals surface area contributed by atoms with Crippen LogP contribution in [0.25, 0.3) is 6.08 Å². The van der Waals surface area contributed by atoms with Gasteiger partial charge in [-0.1, -0.05) is 30.3 Å². The topological polar surface area (TPSA) is 83.5 Å². The quantitative estimate of drug-likeness (QED) is 0.413. The smallest absolute Gasteiger partial charge is 0.260 e. The maximum absolute atomic E-state index is 12.9. The van der Waals surface area contributed by atoms with Crippen LogP contribution in [0.1, 0.15) is 21.5 Å². The second kappa shape index (κ2) is 10.9. The van der Waals surface area contributed by atoms with Crippen LogP contribution in [0, 0.1) is 0 Å². The molecule has 1 aliphatic rings. The largest absolute Gasteiger partial charge is 0.493 e. The summed E-state index contributed by atoms with van der Waals surface area (Å²) in [5.74, 6) is 1.89. The lowest BCUT2D eigenvalue weighted by atomic mass is 10.1. The number of nitrogens with zero attached hydrogens (tertiary/aromatic N) is 1. The van der Waals surface area contributed by atoms with Crippen molar-refractivity contribution in [2.75, 3.05) is 35.0 Å². The Labute approximate surface area is 209 Å². The van der Waals surface area contributed by atoms with E-state index < -0.39 is 0 Å². The lowest BCUT2D eigenvalue weighted by Crippen LogP contribution is -2.30. The van der Waals surface area contributed by atoms with Crippen molar-refractivity contribution in [1.29, 1.82) is 0 Å². The third-order valence-electron chi connectivity index (χ3n) is 5.68. The van der Waals surface area contributed by atoms with Crippen molar-refractivity contribution in [3.05, 3.63) is 83.1 Å². The Bertz CT molecular complexity index is 1280. The Morgan fingerprint density at radius 2 is 1.64 bits per heavy atom. The molecule has 0 atom stereocenters. The summed E-state index contributed by atoms with van der Waals surface area (Å²) in [5.41, 5.74) is 2.09. The van der Waals surface area contributed by atoms with Crippen molar-refractivity contribution in [2.24, 2.45) is 0 Å². The number of carbonyl (C=O) groups excluding carboxylic acids is 2. The molecule has 0 spiro atoms. The van der Waals surface area contributed by atoms with Crippen molar-refractivity contribution in [3.8, 4) is 28.7 Å². The predicted molar refractivity (Wildman–Crippen MR) is 134 cm³/mol. The van der Waals surface area contributed by atoms with Gasteiger partial charge in [0.15, 0.2) is 23.9 Å². The summed E-state index contributed by atoms with van der Waals surface area (Å²) in [5, 5.41) is 0. The van der Waals surface area contributed by atoms with Crippen molar-refractivity contribution in [3.63, 3.8) is 0 Å². The normalized spacial score (nSPS) is 13.1. The van der Waals surface area contributed by atoms with E-state index >= 15 is 0 Å². The zero-order valence-corrected chi connectivity index (χ0v) is 20.6. The van der Waals surface area contributed by atoms with Gasteiger partial charge < -0.3 is 28.6 Å². The van der Waals surface area contributed by atoms with Gasteiger partial charge in [0.25, 0.3) is 5.91 Å². The van der Waals surface area contributed by atoms with Gasteiger partial charge in [0, 0.05) is 19.7 Å². The van der Waals surface area contributed by atoms with Crippen LogP contribution in [0.3, 0.4) is 0 Å². The van der Waals surface area contributed by atoms with Crippen molar-refractivity contribution >= 4 is 17.8 Å². The fraction of sp³-hybridized carbons (Fsp3) is 0.214. The van der Waals surface area contributed by atoms with Crippen LogP contribution < -0.4 is 23.7 Å². The van der Waals surface area contributed by atoms with Gasteiger partial charge in [0.05, 0.1) is 26.9 Å². The van der Waals surface area contributed by atoms with Gasteiger partial charge in [-0.3, -0.25) is 9.59 Å². The van der Waals surface area contributed by atoms with Gasteiger partial charge in [-0.05, 0) is 41.5 Å². The number of hydrogen-bond donors (Lipinski definition) is 0. The van der Waals surface area contributed by atoms with Crippen LogP contribution in [0.2, 0.25) is 0 Å². The summed E-state index contributed by atoms with van der Waals surface area (Å²) >= 11 is 0. The van der Waals surface area contributed by atoms with E-state index in [1.54, 1.807) is 48.4 Å². The van der Waals surface area contributed by atoms with E-state index in [9.17, 15) is 9.59 Å². The second-order valence-electron chi connectivity index (χ2n) is 8.08. The molecule has 1 aliphatic heterocycles. The Kier molecular flexibility index (Phi) is 7.44. The third kappa shape index (κ3) is 5.27. The van der Waals surface area contributed by atoms with Gasteiger partial charge in [-0.25, -0.2) is 0 Å². The Morgan fingerprint density at radius 3 is 2.28 bits per heavy atom. The third-order valence-corrected chi connectivity index (χ3v) is 5.68. The maximum atomic E-state index is 12.9. The molecule has 4 rings (SSSR count). The number of Topliss-reactive ketones (excluding diaryl/α,β-unsaturated/α-hetero) is 1. The molecule has 3 aromatic rings. The molecule has 1 heterocycles. The highest BCUT2D eigenvalue weighted by Gasteiger charge is 2.28. The number of benzene rings is 3. The number of hydrogen-bond acceptors (Lipinski definition) is 7. The Balaban J connectivity index is 1.45. The van der Waals surface area contributed by atoms with Gasteiger partial charge in [0.2, 0.25) is 11.5 Å². The van der Waals surface area contributed by atoms with E-state index in [1.165, 1.54) is 21.3 Å². The van der Waals surface area contributed by atoms with Crippen LogP contribution in [0.5, 0.6) is 28.7 Å². The minimum absolute atomic E-state index is 0.135. The highest BCUT2D eigenvalue weighted by Crippen LogP contribution is 2.40. The van der Waals surface area contributed by atoms with Crippen molar-refractivity contribution in [1.82, 2.24) is 4.90 Å². The molecule has 36 heavy (non-hydrogen) atoms. The molecule has 1 amide bonds. The number of fused-ring (bicyclic) bond motifs is 1. The van der Waals surface area contributed by atoms with Gasteiger partial charge in [-0.2, -0.15) is 0 Å². The van der Waals surface area contributed by atoms with E-state index in [-0.39, 0.29) is 24.1 Å². The Hall–Kier alpha value is -4.46. The zero-order chi connectivity index (χ0) is 25.7. The van der Waals surface area contributed by atoms with E-state index in [1.807, 2.05) is 30.3 Å². The molecule has 0 saturated heterocycles. The van der Waals surface area contributed by atoms with Crippen molar-refractivity contribution in [2.45, 2.75) is 6.54 Å². The van der Waals surface area contributed by atoms with Crippen LogP contribution in [-0.4, -0.2) is 51.6 Å². The first-order valence-electron chi connectivity index (χ1n) is 11.2. The zero-order valence-electron chi connectivity index (χ0n) is 20.6. The number of rotatable bonds is 9. The summed E-state index contributed by atoms with van der Waals surface area (Å²) in [6, 6.07) is 18.0. The van der Waals surface area contributed by atoms with E-state index in [2.05, 4.69) is 0 Å². The fourth-order valence-electron chi connectivity index (χ4n) is 3.79. The number of carbonyl (C=O) groups is 2. The molecular weight excluding hydrogens is 462 g/mol. The number of ketones is 1. The number of amides is 1. The summed E-state index contributed by atoms with van der Waals surface area (Å²) in [6.45, 7) is 0.351. The van der Waals surface area contributed by atoms with E-state index in [0.717, 1.165) is 5.56 Å². The predicted octanol–water partition coefficient (Wildman–Crippen LogP) is 4.37. The average Bonchev–Trinajstić information content (AvgIpc) is 3.21. The van der Waals surface area contributed by atoms with E-state index in [4.69, 9.17) is 23.7 Å². The first kappa shape index (κ1) is 24.7. The molecule has 0 N–H and O–H groups in total. The average molecular weight is 490 g/mol. The van der Waals surface area contributed by atoms with Gasteiger partial charge in [0.1, 0.15) is 11.5 Å². The number of allylic oxidation sites excluding steroid dienone is 1. The molecule has 8 nitrogen and oxygen atoms in total. The van der Waals surface area contributed by atoms with Crippen LogP contribution in [0.15, 0.2) is 66.4 Å². The second-order valence-corrected chi connectivity index (χ2v) is 8.08. The van der Waals surface area contributed by atoms with Gasteiger partial charge in [-0.15, -0.1) is 0 Å². The molecule has 0 fully saturated rings.